The van der Waals surface area contributed by atoms with E-state index in [9.17, 15) is 0 Å². The second kappa shape index (κ2) is 12.4. The van der Waals surface area contributed by atoms with Gasteiger partial charge in [-0.2, -0.15) is 0 Å². The summed E-state index contributed by atoms with van der Waals surface area (Å²) in [6, 6.07) is 16.8. The fraction of sp³-hybridized carbons (Fsp3) is 0.357. The summed E-state index contributed by atoms with van der Waals surface area (Å²) in [5, 5.41) is 0. The van der Waals surface area contributed by atoms with Crippen molar-refractivity contribution in [1.29, 1.82) is 0 Å². The molecule has 0 saturated carbocycles. The topological polar surface area (TPSA) is 31.4 Å². The molecule has 0 radical (unpaired) electrons. The van der Waals surface area contributed by atoms with Gasteiger partial charge in [0.25, 0.3) is 0 Å². The summed E-state index contributed by atoms with van der Waals surface area (Å²) >= 11 is -2.65. The third kappa shape index (κ3) is 8.24. The Bertz CT molecular complexity index is 1050. The SMILES string of the molecule is Cc1ccc([O][Ti](=[CH]c2cccnc2)[O]c2ccc(C)cc2C(C)(C)C)c(C(C)(C)C)c1.Cl.Cl. The molecule has 0 spiro atoms. The van der Waals surface area contributed by atoms with Gasteiger partial charge in [0.2, 0.25) is 0 Å². The minimum absolute atomic E-state index is 0. The Hall–Kier alpha value is -1.65. The van der Waals surface area contributed by atoms with Crippen molar-refractivity contribution in [3.05, 3.63) is 88.7 Å². The first-order chi connectivity index (χ1) is 14.9. The van der Waals surface area contributed by atoms with Crippen LogP contribution in [-0.4, -0.2) is 9.30 Å². The van der Waals surface area contributed by atoms with Crippen molar-refractivity contribution in [2.45, 2.75) is 66.2 Å². The second-order valence-electron chi connectivity index (χ2n) is 10.5. The number of hydrogen-bond acceptors (Lipinski definition) is 3. The number of halogens is 2. The summed E-state index contributed by atoms with van der Waals surface area (Å²) < 4.78 is 15.5. The van der Waals surface area contributed by atoms with Gasteiger partial charge in [-0.1, -0.05) is 0 Å². The number of aryl methyl sites for hydroxylation is 2. The predicted molar refractivity (Wildman–Crippen MR) is 145 cm³/mol. The Morgan fingerprint density at radius 3 is 1.59 bits per heavy atom. The van der Waals surface area contributed by atoms with Crippen LogP contribution in [-0.2, 0) is 29.0 Å². The van der Waals surface area contributed by atoms with Crippen molar-refractivity contribution in [2.75, 3.05) is 0 Å². The largest absolute Gasteiger partial charge is 0.147 e. The van der Waals surface area contributed by atoms with Crippen LogP contribution < -0.4 is 6.64 Å². The molecule has 0 bridgehead atoms. The van der Waals surface area contributed by atoms with Crippen LogP contribution in [0.15, 0.2) is 60.9 Å². The van der Waals surface area contributed by atoms with Crippen molar-refractivity contribution in [1.82, 2.24) is 4.98 Å². The third-order valence-corrected chi connectivity index (χ3v) is 7.48. The first-order valence-corrected chi connectivity index (χ1v) is 13.3. The van der Waals surface area contributed by atoms with Gasteiger partial charge >= 0.3 is 201 Å². The van der Waals surface area contributed by atoms with Crippen molar-refractivity contribution >= 4 is 29.1 Å². The molecule has 0 N–H and O–H groups in total. The smallest absolute Gasteiger partial charge is 0.147 e. The Kier molecular flexibility index (Phi) is 11.0. The molecule has 34 heavy (non-hydrogen) atoms. The summed E-state index contributed by atoms with van der Waals surface area (Å²) in [6.45, 7) is 17.6. The van der Waals surface area contributed by atoms with Crippen LogP contribution in [0.25, 0.3) is 0 Å². The van der Waals surface area contributed by atoms with Crippen LogP contribution in [0.3, 0.4) is 0 Å². The first-order valence-electron chi connectivity index (χ1n) is 11.1. The molecule has 0 saturated heterocycles. The molecule has 1 heterocycles. The molecule has 0 atom stereocenters. The zero-order chi connectivity index (χ0) is 23.5. The number of benzene rings is 2. The van der Waals surface area contributed by atoms with Gasteiger partial charge in [0.15, 0.2) is 0 Å². The number of rotatable bonds is 5. The summed E-state index contributed by atoms with van der Waals surface area (Å²) in [5.41, 5.74) is 5.83. The standard InChI is InChI=1S/2C11H16O.C6H5N.2ClH.Ti/c2*1-8-5-6-10(12)9(7-8)11(2,3)4;1-6-3-2-4-7-5-6;;;/h2*5-7,12H,1-4H3;1-5H;2*1H;/q;;;;;+2/p-2. The van der Waals surface area contributed by atoms with E-state index in [4.69, 9.17) is 6.64 Å². The summed E-state index contributed by atoms with van der Waals surface area (Å²) in [5.74, 6) is 1.81. The molecule has 0 fully saturated rings. The molecule has 6 heteroatoms. The van der Waals surface area contributed by atoms with Crippen LogP contribution in [0.2, 0.25) is 0 Å². The Morgan fingerprint density at radius 1 is 0.735 bits per heavy atom. The third-order valence-electron chi connectivity index (χ3n) is 5.28. The molecule has 0 amide bonds. The molecule has 184 valence electrons. The quantitative estimate of drug-likeness (QED) is 0.310. The molecular weight excluding hydrogens is 501 g/mol. The molecule has 3 aromatic rings. The average molecular weight is 538 g/mol. The van der Waals surface area contributed by atoms with Gasteiger partial charge in [-0.3, -0.25) is 0 Å². The maximum atomic E-state index is 6.69. The van der Waals surface area contributed by atoms with E-state index in [0.717, 1.165) is 17.1 Å². The maximum Gasteiger partial charge on any atom is -0.147 e. The number of pyridine rings is 1. The minimum Gasteiger partial charge on any atom is -0.147 e. The summed E-state index contributed by atoms with van der Waals surface area (Å²) in [6.07, 6.45) is 3.65. The van der Waals surface area contributed by atoms with Gasteiger partial charge in [0.05, 0.1) is 0 Å². The van der Waals surface area contributed by atoms with E-state index in [0.29, 0.717) is 0 Å². The van der Waals surface area contributed by atoms with Crippen LogP contribution in [0.1, 0.15) is 69.4 Å². The van der Waals surface area contributed by atoms with E-state index in [1.807, 2.05) is 18.3 Å². The van der Waals surface area contributed by atoms with Gasteiger partial charge in [-0.05, 0) is 0 Å². The fourth-order valence-electron chi connectivity index (χ4n) is 3.53. The Balaban J connectivity index is 0.00000289. The molecule has 3 rings (SSSR count). The van der Waals surface area contributed by atoms with Gasteiger partial charge in [-0.15, -0.1) is 24.8 Å². The van der Waals surface area contributed by atoms with Crippen LogP contribution >= 0.6 is 24.8 Å². The number of hydrogen-bond donors (Lipinski definition) is 0. The van der Waals surface area contributed by atoms with Crippen molar-refractivity contribution in [2.24, 2.45) is 0 Å². The van der Waals surface area contributed by atoms with Gasteiger partial charge < -0.3 is 0 Å². The van der Waals surface area contributed by atoms with E-state index in [1.54, 1.807) is 6.20 Å². The molecule has 2 aromatic carbocycles. The summed E-state index contributed by atoms with van der Waals surface area (Å²) in [7, 11) is 0. The monoisotopic (exact) mass is 537 g/mol. The molecule has 0 aliphatic carbocycles. The van der Waals surface area contributed by atoms with E-state index in [-0.39, 0.29) is 35.6 Å². The van der Waals surface area contributed by atoms with Crippen molar-refractivity contribution in [3.63, 3.8) is 0 Å². The Labute approximate surface area is 224 Å². The predicted octanol–water partition coefficient (Wildman–Crippen LogP) is 7.89. The minimum atomic E-state index is -2.65. The second-order valence-corrected chi connectivity index (χ2v) is 12.5. The van der Waals surface area contributed by atoms with Crippen LogP contribution in [0, 0.1) is 13.8 Å². The van der Waals surface area contributed by atoms with Gasteiger partial charge in [0.1, 0.15) is 0 Å². The van der Waals surface area contributed by atoms with Gasteiger partial charge in [-0.25, -0.2) is 0 Å². The van der Waals surface area contributed by atoms with E-state index >= 15 is 0 Å². The van der Waals surface area contributed by atoms with E-state index in [2.05, 4.69) is 101 Å². The molecular formula is C28H37Cl2NO2Ti. The molecule has 1 aromatic heterocycles. The van der Waals surface area contributed by atoms with Crippen molar-refractivity contribution < 1.29 is 24.8 Å². The molecule has 0 aliphatic rings. The molecule has 0 aliphatic heterocycles. The average Bonchev–Trinajstić information content (AvgIpc) is 2.70. The van der Waals surface area contributed by atoms with E-state index in [1.165, 1.54) is 22.3 Å². The molecule has 0 unspecified atom stereocenters. The normalized spacial score (nSPS) is 11.1. The number of aromatic nitrogens is 1. The van der Waals surface area contributed by atoms with Gasteiger partial charge in [0, 0.05) is 0 Å². The van der Waals surface area contributed by atoms with Crippen molar-refractivity contribution in [3.8, 4) is 11.5 Å². The zero-order valence-electron chi connectivity index (χ0n) is 21.4. The zero-order valence-corrected chi connectivity index (χ0v) is 24.6. The molecule has 3 nitrogen and oxygen atoms in total. The van der Waals surface area contributed by atoms with E-state index < -0.39 is 18.2 Å². The summed E-state index contributed by atoms with van der Waals surface area (Å²) in [4.78, 5) is 4.27. The number of nitrogens with zero attached hydrogens (tertiary/aromatic N) is 1. The fourth-order valence-corrected chi connectivity index (χ4v) is 5.71. The maximum absolute atomic E-state index is 6.69. The Morgan fingerprint density at radius 2 is 1.21 bits per heavy atom. The van der Waals surface area contributed by atoms with Crippen LogP contribution in [0.5, 0.6) is 11.5 Å². The van der Waals surface area contributed by atoms with Crippen LogP contribution in [0.4, 0.5) is 0 Å². The first kappa shape index (κ1) is 30.4.